The van der Waals surface area contributed by atoms with E-state index in [4.69, 9.17) is 10.2 Å². The zero-order valence-electron chi connectivity index (χ0n) is 2.71. The summed E-state index contributed by atoms with van der Waals surface area (Å²) in [4.78, 5) is 7.50. The molecule has 0 heterocycles. The second-order valence-corrected chi connectivity index (χ2v) is 0.461. The minimum absolute atomic E-state index is 0. The smallest absolute Gasteiger partial charge is 0 e. The molecule has 33 valence electrons. The van der Waals surface area contributed by atoms with E-state index in [-0.39, 0.29) is 17.1 Å². The third-order valence-electron chi connectivity index (χ3n) is 0. The van der Waals surface area contributed by atoms with Gasteiger partial charge in [0.25, 0.3) is 0 Å². The first kappa shape index (κ1) is 16.2. The molecule has 0 radical (unpaired) electrons. The van der Waals surface area contributed by atoms with Crippen LogP contribution in [0.15, 0.2) is 0 Å². The van der Waals surface area contributed by atoms with Gasteiger partial charge in [-0.2, -0.15) is 4.91 Å². The Kier molecular flexibility index (Phi) is 154. The van der Waals surface area contributed by atoms with Crippen LogP contribution in [0.4, 0.5) is 0 Å². The van der Waals surface area contributed by atoms with Crippen LogP contribution in [-0.4, -0.2) is 0 Å². The van der Waals surface area contributed by atoms with Crippen molar-refractivity contribution in [2.75, 3.05) is 0 Å². The Morgan fingerprint density at radius 1 is 1.67 bits per heavy atom. The van der Waals surface area contributed by atoms with Crippen LogP contribution < -0.4 is 0 Å². The fourth-order valence-electron chi connectivity index (χ4n) is 0. The quantitative estimate of drug-likeness (QED) is 0.411. The number of nitrogens with zero attached hydrogens (tertiary/aromatic N) is 1. The monoisotopic (exact) mass is 161 g/mol. The largest absolute Gasteiger partial charge is 0.154 e. The number of nitrogens with one attached hydrogen (secondary N) is 1. The number of nitriles is 1. The van der Waals surface area contributed by atoms with Gasteiger partial charge in [-0.3, -0.25) is 0 Å². The van der Waals surface area contributed by atoms with Crippen molar-refractivity contribution in [3.63, 3.8) is 0 Å². The first-order valence-corrected chi connectivity index (χ1v) is 1.46. The first-order chi connectivity index (χ1) is 2.41. The molecule has 0 aliphatic rings. The van der Waals surface area contributed by atoms with Gasteiger partial charge in [-0.25, -0.2) is 0 Å². The number of hydrogen-bond acceptors (Lipinski definition) is 3. The molecule has 0 amide bonds. The molecular weight excluding hydrogens is 160 g/mol. The van der Waals surface area contributed by atoms with E-state index in [1.165, 1.54) is 20.4 Å². The van der Waals surface area contributed by atoms with Crippen molar-refractivity contribution in [2.24, 2.45) is 0 Å². The second kappa shape index (κ2) is 56.8. The zero-order valence-corrected chi connectivity index (χ0v) is 5.37. The third-order valence-corrected chi connectivity index (χ3v) is 0. The molecule has 0 spiro atoms. The molecule has 0 atom stereocenters. The van der Waals surface area contributed by atoms with Crippen LogP contribution in [0.2, 0.25) is 0 Å². The van der Waals surface area contributed by atoms with Crippen molar-refractivity contribution in [1.29, 1.82) is 10.9 Å². The maximum atomic E-state index is 7.50. The van der Waals surface area contributed by atoms with Crippen LogP contribution in [-0.2, 0) is 37.5 Å². The van der Waals surface area contributed by atoms with Gasteiger partial charge in [0, 0.05) is 17.1 Å². The topological polar surface area (TPSA) is 64.7 Å². The van der Waals surface area contributed by atoms with Crippen LogP contribution in [0.3, 0.4) is 0 Å². The summed E-state index contributed by atoms with van der Waals surface area (Å²) in [6.45, 7) is 0. The van der Waals surface area contributed by atoms with Crippen molar-refractivity contribution in [1.82, 2.24) is 0 Å². The van der Waals surface area contributed by atoms with E-state index in [9.17, 15) is 0 Å². The normalized spacial score (nSPS) is 1.67. The summed E-state index contributed by atoms with van der Waals surface area (Å²) >= 11 is 1.43. The molecule has 0 bridgehead atoms. The average molecular weight is 161 g/mol. The van der Waals surface area contributed by atoms with Crippen LogP contribution >= 0.6 is 0 Å². The van der Waals surface area contributed by atoms with Gasteiger partial charge in [-0.1, -0.05) is 5.59 Å². The Balaban J connectivity index is -0.0000000275. The zero-order chi connectivity index (χ0) is 4.71. The molecule has 0 unspecified atom stereocenters. The Hall–Kier alpha value is 0.324. The maximum absolute atomic E-state index is 7.50. The van der Waals surface area contributed by atoms with Gasteiger partial charge < -0.3 is 0 Å². The molecule has 0 aliphatic carbocycles. The van der Waals surface area contributed by atoms with Crippen molar-refractivity contribution >= 4 is 0 Å². The molecular formula is CHFeN2OTi. The summed E-state index contributed by atoms with van der Waals surface area (Å²) in [5.74, 6) is 0. The van der Waals surface area contributed by atoms with E-state index in [2.05, 4.69) is 5.59 Å². The molecule has 3 nitrogen and oxygen atoms in total. The summed E-state index contributed by atoms with van der Waals surface area (Å²) in [7, 11) is 0. The molecule has 0 fully saturated rings. The number of hydrogen-bond donors (Lipinski definition) is 1. The third kappa shape index (κ3) is 456. The Morgan fingerprint density at radius 3 is 1.67 bits per heavy atom. The molecule has 0 saturated carbocycles. The van der Waals surface area contributed by atoms with Gasteiger partial charge in [0.05, 0.1) is 0 Å². The Morgan fingerprint density at radius 2 is 1.67 bits per heavy atom. The second-order valence-electron chi connectivity index (χ2n) is 0.112. The summed E-state index contributed by atoms with van der Waals surface area (Å²) in [5.41, 5.74) is 4.50. The summed E-state index contributed by atoms with van der Waals surface area (Å²) in [6, 6.07) is 0. The van der Waals surface area contributed by atoms with Crippen LogP contribution in [0.5, 0.6) is 0 Å². The molecule has 0 aromatic carbocycles. The van der Waals surface area contributed by atoms with Crippen LogP contribution in [0, 0.1) is 20.1 Å². The summed E-state index contributed by atoms with van der Waals surface area (Å²) in [6.07, 6.45) is 0. The predicted octanol–water partition coefficient (Wildman–Crippen LogP) is 0.343. The molecule has 0 aliphatic heterocycles. The molecule has 0 aromatic heterocycles. The van der Waals surface area contributed by atoms with E-state index in [0.717, 1.165) is 0 Å². The van der Waals surface area contributed by atoms with Crippen molar-refractivity contribution in [3.8, 4) is 4.37 Å². The van der Waals surface area contributed by atoms with E-state index < -0.39 is 0 Å². The van der Waals surface area contributed by atoms with Crippen LogP contribution in [0.25, 0.3) is 0 Å². The molecule has 6 heavy (non-hydrogen) atoms. The van der Waals surface area contributed by atoms with Crippen molar-refractivity contribution in [2.45, 2.75) is 0 Å². The molecule has 5 heteroatoms. The van der Waals surface area contributed by atoms with E-state index in [0.29, 0.717) is 0 Å². The van der Waals surface area contributed by atoms with Gasteiger partial charge in [0.2, 0.25) is 0 Å². The van der Waals surface area contributed by atoms with E-state index in [1.54, 1.807) is 4.37 Å². The molecule has 0 rings (SSSR count). The SMILES string of the molecule is N#[C][Ti].N=O.[Fe]. The van der Waals surface area contributed by atoms with Gasteiger partial charge in [0.1, 0.15) is 0 Å². The predicted molar refractivity (Wildman–Crippen MR) is 11.7 cm³/mol. The summed E-state index contributed by atoms with van der Waals surface area (Å²) < 4.78 is 1.75. The Labute approximate surface area is 57.7 Å². The minimum atomic E-state index is 0. The molecule has 0 saturated heterocycles. The molecule has 0 aromatic rings. The van der Waals surface area contributed by atoms with Gasteiger partial charge in [-0.15, -0.1) is 0 Å². The minimum Gasteiger partial charge on any atom is -0.154 e. The number of rotatable bonds is 0. The van der Waals surface area contributed by atoms with Crippen molar-refractivity contribution < 1.29 is 37.5 Å². The summed E-state index contributed by atoms with van der Waals surface area (Å²) in [5, 5.41) is 7.32. The van der Waals surface area contributed by atoms with Gasteiger partial charge in [-0.05, 0) is 0 Å². The average Bonchev–Trinajstić information content (AvgIpc) is 1.46. The fourth-order valence-corrected chi connectivity index (χ4v) is 0. The molecule has 1 N–H and O–H groups in total. The maximum Gasteiger partial charge on any atom is 0 e. The van der Waals surface area contributed by atoms with Crippen LogP contribution in [0.1, 0.15) is 0 Å². The number of nitroso groups, excluding NO2 is 1. The fraction of sp³-hybridized carbons (Fsp3) is 0. The van der Waals surface area contributed by atoms with Gasteiger partial charge in [0.15, 0.2) is 0 Å². The van der Waals surface area contributed by atoms with E-state index in [1.807, 2.05) is 0 Å². The van der Waals surface area contributed by atoms with Gasteiger partial charge >= 0.3 is 30.1 Å². The standard InChI is InChI=1S/CN.Fe.HNO.Ti/c1-2;;1-2;/h;;1H;. The van der Waals surface area contributed by atoms with E-state index >= 15 is 0 Å². The first-order valence-electron chi connectivity index (χ1n) is 0.678. The Bertz CT molecular complexity index is 43.3. The van der Waals surface area contributed by atoms with Crippen molar-refractivity contribution in [3.05, 3.63) is 4.91 Å².